The molecule has 20 heavy (non-hydrogen) atoms. The van der Waals surface area contributed by atoms with Crippen molar-refractivity contribution >= 4 is 17.1 Å². The molecule has 2 aromatic rings. The Kier molecular flexibility index (Phi) is 7.97. The number of carbonyl (C=O) groups excluding carboxylic acids is 1. The van der Waals surface area contributed by atoms with Gasteiger partial charge in [0.2, 0.25) is 0 Å². The normalized spacial score (nSPS) is 8.90. The van der Waals surface area contributed by atoms with E-state index in [2.05, 4.69) is 0 Å². The summed E-state index contributed by atoms with van der Waals surface area (Å²) in [5.74, 6) is 1.37. The molecule has 0 amide bonds. The van der Waals surface area contributed by atoms with Gasteiger partial charge in [0.25, 0.3) is 0 Å². The first kappa shape index (κ1) is 17.9. The lowest BCUT2D eigenvalue weighted by molar-refractivity contribution is -0.106. The lowest BCUT2D eigenvalue weighted by Crippen LogP contribution is -2.02. The van der Waals surface area contributed by atoms with Gasteiger partial charge in [-0.3, -0.25) is 0 Å². The molecule has 0 aliphatic rings. The zero-order valence-electron chi connectivity index (χ0n) is 12.9. The molecule has 0 spiro atoms. The van der Waals surface area contributed by atoms with Crippen LogP contribution in [0, 0.1) is 13.8 Å². The molecule has 0 unspecified atom stereocenters. The van der Waals surface area contributed by atoms with E-state index in [9.17, 15) is 4.79 Å². The van der Waals surface area contributed by atoms with Gasteiger partial charge in [0.05, 0.1) is 12.5 Å². The van der Waals surface area contributed by atoms with Crippen molar-refractivity contribution in [1.82, 2.24) is 0 Å². The predicted octanol–water partition coefficient (Wildman–Crippen LogP) is 3.65. The number of rotatable bonds is 1. The Hall–Kier alpha value is -2.10. The average Bonchev–Trinajstić information content (AvgIpc) is 2.40. The van der Waals surface area contributed by atoms with Crippen LogP contribution in [-0.2, 0) is 4.79 Å². The summed E-state index contributed by atoms with van der Waals surface area (Å²) >= 11 is 0. The van der Waals surface area contributed by atoms with E-state index in [0.717, 1.165) is 23.0 Å². The molecule has 0 fully saturated rings. The van der Waals surface area contributed by atoms with Crippen LogP contribution >= 0.6 is 0 Å². The highest BCUT2D eigenvalue weighted by molar-refractivity contribution is 5.85. The van der Waals surface area contributed by atoms with Gasteiger partial charge in [-0.05, 0) is 49.9 Å². The third-order valence-corrected chi connectivity index (χ3v) is 2.39. The Morgan fingerprint density at radius 1 is 1.15 bits per heavy atom. The van der Waals surface area contributed by atoms with Gasteiger partial charge in [0.15, 0.2) is 0 Å². The Labute approximate surface area is 119 Å². The van der Waals surface area contributed by atoms with E-state index in [1.807, 2.05) is 39.0 Å². The topological polar surface area (TPSA) is 56.5 Å². The van der Waals surface area contributed by atoms with E-state index < -0.39 is 0 Å². The van der Waals surface area contributed by atoms with E-state index in [4.69, 9.17) is 13.9 Å². The van der Waals surface area contributed by atoms with Crippen LogP contribution in [0.25, 0.3) is 10.8 Å². The van der Waals surface area contributed by atoms with Gasteiger partial charge in [-0.25, -0.2) is 4.79 Å². The number of aryl methyl sites for hydroxylation is 2. The minimum Gasteiger partial charge on any atom is -0.497 e. The molecule has 1 heterocycles. The van der Waals surface area contributed by atoms with Gasteiger partial charge in [-0.15, -0.1) is 0 Å². The van der Waals surface area contributed by atoms with Crippen LogP contribution in [0.3, 0.4) is 0 Å². The Morgan fingerprint density at radius 3 is 2.20 bits per heavy atom. The minimum absolute atomic E-state index is 0.287. The van der Waals surface area contributed by atoms with Crippen LogP contribution in [0.4, 0.5) is 0 Å². The molecule has 0 saturated heterocycles. The summed E-state index contributed by atoms with van der Waals surface area (Å²) in [5.41, 5.74) is 0.586. The number of fused-ring (bicyclic) bond motifs is 1. The van der Waals surface area contributed by atoms with Crippen LogP contribution in [0.5, 0.6) is 5.75 Å². The molecule has 0 aliphatic heterocycles. The molecular weight excluding hydrogens is 256 g/mol. The first-order valence-electron chi connectivity index (χ1n) is 6.52. The molecule has 0 radical (unpaired) electrons. The van der Waals surface area contributed by atoms with Crippen molar-refractivity contribution in [2.24, 2.45) is 0 Å². The monoisotopic (exact) mass is 278 g/mol. The molecule has 1 aromatic carbocycles. The van der Waals surface area contributed by atoms with E-state index in [-0.39, 0.29) is 5.63 Å². The Morgan fingerprint density at radius 2 is 1.70 bits per heavy atom. The lowest BCUT2D eigenvalue weighted by Gasteiger charge is -2.05. The summed E-state index contributed by atoms with van der Waals surface area (Å²) in [4.78, 5) is 20.4. The fourth-order valence-electron chi connectivity index (χ4n) is 1.74. The number of hydrogen-bond donors (Lipinski definition) is 0. The van der Waals surface area contributed by atoms with Crippen molar-refractivity contribution in [1.29, 1.82) is 0 Å². The second kappa shape index (κ2) is 8.91. The number of ether oxygens (including phenoxy) is 1. The highest BCUT2D eigenvalue weighted by Crippen LogP contribution is 2.22. The minimum atomic E-state index is -0.287. The maximum absolute atomic E-state index is 11.6. The van der Waals surface area contributed by atoms with Crippen molar-refractivity contribution in [3.63, 3.8) is 0 Å². The van der Waals surface area contributed by atoms with Crippen LogP contribution in [0.1, 0.15) is 32.1 Å². The van der Waals surface area contributed by atoms with Crippen molar-refractivity contribution in [2.75, 3.05) is 7.11 Å². The molecule has 4 heteroatoms. The fraction of sp³-hybridized carbons (Fsp3) is 0.375. The maximum atomic E-state index is 11.6. The molecular formula is C16H22O4. The number of carbonyl (C=O) groups is 1. The van der Waals surface area contributed by atoms with Crippen molar-refractivity contribution in [3.8, 4) is 5.75 Å². The molecule has 0 N–H and O–H groups in total. The van der Waals surface area contributed by atoms with Gasteiger partial charge in [-0.1, -0.05) is 13.8 Å². The van der Waals surface area contributed by atoms with Crippen LogP contribution in [0.2, 0.25) is 0 Å². The van der Waals surface area contributed by atoms with Gasteiger partial charge in [0.1, 0.15) is 17.8 Å². The summed E-state index contributed by atoms with van der Waals surface area (Å²) in [6.07, 6.45) is 0.750. The second-order valence-electron chi connectivity index (χ2n) is 3.79. The summed E-state index contributed by atoms with van der Waals surface area (Å²) < 4.78 is 10.2. The van der Waals surface area contributed by atoms with Gasteiger partial charge in [-0.2, -0.15) is 0 Å². The third kappa shape index (κ3) is 4.53. The zero-order valence-corrected chi connectivity index (χ0v) is 12.9. The number of methoxy groups -OCH3 is 1. The van der Waals surface area contributed by atoms with Crippen LogP contribution in [0.15, 0.2) is 27.4 Å². The van der Waals surface area contributed by atoms with Crippen LogP contribution in [-0.4, -0.2) is 13.4 Å². The quantitative estimate of drug-likeness (QED) is 0.747. The predicted molar refractivity (Wildman–Crippen MR) is 81.6 cm³/mol. The standard InChI is InChI=1S/C12H12O3.C2H4O.C2H6/c1-7-4-10(14-3)6-9-5-8(2)15-12(13)11(7)9;1-2-3;1-2/h4-6H,1-3H3;2H,1H3;1-2H3. The molecule has 0 aliphatic carbocycles. The largest absolute Gasteiger partial charge is 0.497 e. The Bertz CT molecular complexity index is 612. The third-order valence-electron chi connectivity index (χ3n) is 2.39. The lowest BCUT2D eigenvalue weighted by atomic mass is 10.1. The molecule has 0 atom stereocenters. The summed E-state index contributed by atoms with van der Waals surface area (Å²) in [5, 5.41) is 1.49. The second-order valence-corrected chi connectivity index (χ2v) is 3.79. The summed E-state index contributed by atoms with van der Waals surface area (Å²) in [6.45, 7) is 9.08. The van der Waals surface area contributed by atoms with Crippen molar-refractivity contribution in [2.45, 2.75) is 34.6 Å². The van der Waals surface area contributed by atoms with E-state index in [1.54, 1.807) is 14.0 Å². The molecule has 0 saturated carbocycles. The summed E-state index contributed by atoms with van der Waals surface area (Å²) in [7, 11) is 1.61. The van der Waals surface area contributed by atoms with Gasteiger partial charge < -0.3 is 13.9 Å². The highest BCUT2D eigenvalue weighted by Gasteiger charge is 2.07. The van der Waals surface area contributed by atoms with E-state index in [0.29, 0.717) is 11.1 Å². The van der Waals surface area contributed by atoms with Gasteiger partial charge in [0, 0.05) is 0 Å². The highest BCUT2D eigenvalue weighted by atomic mass is 16.5. The van der Waals surface area contributed by atoms with Crippen molar-refractivity contribution in [3.05, 3.63) is 39.9 Å². The molecule has 1 aromatic heterocycles. The fourth-order valence-corrected chi connectivity index (χ4v) is 1.74. The first-order valence-corrected chi connectivity index (χ1v) is 6.52. The van der Waals surface area contributed by atoms with Crippen LogP contribution < -0.4 is 10.4 Å². The molecule has 4 nitrogen and oxygen atoms in total. The van der Waals surface area contributed by atoms with E-state index >= 15 is 0 Å². The summed E-state index contributed by atoms with van der Waals surface area (Å²) in [6, 6.07) is 5.51. The molecule has 2 rings (SSSR count). The maximum Gasteiger partial charge on any atom is 0.344 e. The Balaban J connectivity index is 0.000000641. The molecule has 110 valence electrons. The number of aldehydes is 1. The zero-order chi connectivity index (χ0) is 15.7. The van der Waals surface area contributed by atoms with E-state index in [1.165, 1.54) is 6.92 Å². The van der Waals surface area contributed by atoms with Crippen molar-refractivity contribution < 1.29 is 13.9 Å². The SMILES string of the molecule is CC.CC=O.COc1cc(C)c2c(=O)oc(C)cc2c1. The van der Waals surface area contributed by atoms with Gasteiger partial charge >= 0.3 is 5.63 Å². The smallest absolute Gasteiger partial charge is 0.344 e. The number of hydrogen-bond acceptors (Lipinski definition) is 4. The average molecular weight is 278 g/mol. The molecule has 0 bridgehead atoms. The first-order chi connectivity index (χ1) is 9.53. The number of benzene rings is 1.